The van der Waals surface area contributed by atoms with Crippen LogP contribution in [0.3, 0.4) is 0 Å². The molecule has 0 bridgehead atoms. The molecule has 0 amide bonds. The third-order valence-corrected chi connectivity index (χ3v) is 5.32. The minimum Gasteiger partial charge on any atom is -0.394 e. The third-order valence-electron chi connectivity index (χ3n) is 4.95. The van der Waals surface area contributed by atoms with E-state index in [0.29, 0.717) is 22.6 Å². The minimum absolute atomic E-state index is 0.00537. The number of aliphatic hydroxyl groups excluding tert-OH is 4. The fourth-order valence-electron chi connectivity index (χ4n) is 3.31. The highest BCUT2D eigenvalue weighted by atomic mass is 35.5. The van der Waals surface area contributed by atoms with Gasteiger partial charge in [0.05, 0.1) is 6.61 Å². The first-order valence-corrected chi connectivity index (χ1v) is 9.21. The van der Waals surface area contributed by atoms with Crippen LogP contribution in [-0.4, -0.2) is 57.3 Å². The first-order chi connectivity index (χ1) is 13.3. The zero-order valence-corrected chi connectivity index (χ0v) is 15.8. The van der Waals surface area contributed by atoms with Gasteiger partial charge in [-0.1, -0.05) is 48.0 Å². The molecule has 1 aliphatic heterocycles. The molecule has 0 aliphatic carbocycles. The second-order valence-corrected chi connectivity index (χ2v) is 7.29. The second kappa shape index (κ2) is 8.57. The maximum Gasteiger partial charge on any atom is 0.122 e. The van der Waals surface area contributed by atoms with Crippen LogP contribution in [0.5, 0.6) is 0 Å². The van der Waals surface area contributed by atoms with E-state index in [9.17, 15) is 20.4 Å². The van der Waals surface area contributed by atoms with Gasteiger partial charge < -0.3 is 30.9 Å². The SMILES string of the molecule is N=C(N)c1ccc(Cc2cc([C@@H]3O[C@H](CO)[C@@H](O)[C@H](O)[C@H]3O)ccc2Cl)cc1. The molecule has 0 spiro atoms. The molecule has 0 unspecified atom stereocenters. The number of rotatable bonds is 5. The smallest absolute Gasteiger partial charge is 0.122 e. The van der Waals surface area contributed by atoms with Gasteiger partial charge in [-0.05, 0) is 29.2 Å². The summed E-state index contributed by atoms with van der Waals surface area (Å²) in [7, 11) is 0. The summed E-state index contributed by atoms with van der Waals surface area (Å²) in [6.07, 6.45) is -5.56. The number of nitrogen functional groups attached to an aromatic ring is 1. The molecule has 150 valence electrons. The fourth-order valence-corrected chi connectivity index (χ4v) is 3.49. The summed E-state index contributed by atoms with van der Waals surface area (Å²) in [6, 6.07) is 12.4. The highest BCUT2D eigenvalue weighted by Gasteiger charge is 2.43. The van der Waals surface area contributed by atoms with Crippen LogP contribution < -0.4 is 5.73 Å². The zero-order chi connectivity index (χ0) is 20.4. The van der Waals surface area contributed by atoms with Gasteiger partial charge in [-0.3, -0.25) is 5.41 Å². The third kappa shape index (κ3) is 4.20. The van der Waals surface area contributed by atoms with E-state index in [0.717, 1.165) is 11.1 Å². The van der Waals surface area contributed by atoms with Crippen LogP contribution in [0.4, 0.5) is 0 Å². The van der Waals surface area contributed by atoms with Crippen LogP contribution in [0.1, 0.15) is 28.4 Å². The van der Waals surface area contributed by atoms with Crippen molar-refractivity contribution in [3.63, 3.8) is 0 Å². The molecule has 5 atom stereocenters. The molecule has 28 heavy (non-hydrogen) atoms. The Bertz CT molecular complexity index is 843. The Morgan fingerprint density at radius 1 is 1.04 bits per heavy atom. The van der Waals surface area contributed by atoms with E-state index in [4.69, 9.17) is 27.5 Å². The predicted molar refractivity (Wildman–Crippen MR) is 104 cm³/mol. The van der Waals surface area contributed by atoms with Crippen molar-refractivity contribution in [2.75, 3.05) is 6.61 Å². The number of amidine groups is 1. The standard InChI is InChI=1S/C20H23ClN2O5/c21-14-6-5-12(19-18(27)17(26)16(25)15(9-24)28-19)8-13(14)7-10-1-3-11(4-2-10)20(22)23/h1-6,8,15-19,24-27H,7,9H2,(H3,22,23)/t15-,16-,17+,18-,19+/m1/s1. The number of nitrogens with one attached hydrogen (secondary N) is 1. The van der Waals surface area contributed by atoms with Crippen molar-refractivity contribution in [1.82, 2.24) is 0 Å². The maximum atomic E-state index is 10.3. The van der Waals surface area contributed by atoms with Crippen molar-refractivity contribution >= 4 is 17.4 Å². The Kier molecular flexibility index (Phi) is 6.34. The molecule has 3 rings (SSSR count). The summed E-state index contributed by atoms with van der Waals surface area (Å²) in [5, 5.41) is 47.6. The quantitative estimate of drug-likeness (QED) is 0.319. The Hall–Kier alpha value is -2.00. The van der Waals surface area contributed by atoms with Crippen molar-refractivity contribution in [3.8, 4) is 0 Å². The lowest BCUT2D eigenvalue weighted by Crippen LogP contribution is -2.55. The fraction of sp³-hybridized carbons (Fsp3) is 0.350. The summed E-state index contributed by atoms with van der Waals surface area (Å²) < 4.78 is 5.61. The van der Waals surface area contributed by atoms with E-state index in [1.165, 1.54) is 0 Å². The average Bonchev–Trinajstić information content (AvgIpc) is 2.69. The van der Waals surface area contributed by atoms with Gasteiger partial charge in [-0.15, -0.1) is 0 Å². The van der Waals surface area contributed by atoms with Crippen molar-refractivity contribution in [1.29, 1.82) is 5.41 Å². The molecule has 8 heteroatoms. The van der Waals surface area contributed by atoms with Crippen LogP contribution in [0.2, 0.25) is 5.02 Å². The van der Waals surface area contributed by atoms with Crippen LogP contribution in [0.25, 0.3) is 0 Å². The normalized spacial score (nSPS) is 27.5. The lowest BCUT2D eigenvalue weighted by molar-refractivity contribution is -0.231. The first kappa shape index (κ1) is 20.7. The van der Waals surface area contributed by atoms with Gasteiger partial charge in [0.25, 0.3) is 0 Å². The predicted octanol–water partition coefficient (Wildman–Crippen LogP) is 0.730. The number of hydrogen-bond acceptors (Lipinski definition) is 6. The molecule has 7 nitrogen and oxygen atoms in total. The van der Waals surface area contributed by atoms with Crippen molar-refractivity contribution in [2.24, 2.45) is 5.73 Å². The Labute approximate surface area is 167 Å². The van der Waals surface area contributed by atoms with E-state index in [1.54, 1.807) is 30.3 Å². The van der Waals surface area contributed by atoms with Crippen LogP contribution >= 0.6 is 11.6 Å². The zero-order valence-electron chi connectivity index (χ0n) is 15.0. The molecular weight excluding hydrogens is 384 g/mol. The Morgan fingerprint density at radius 2 is 1.71 bits per heavy atom. The van der Waals surface area contributed by atoms with Crippen LogP contribution in [0.15, 0.2) is 42.5 Å². The molecule has 1 aliphatic rings. The number of nitrogens with two attached hydrogens (primary N) is 1. The number of hydrogen-bond donors (Lipinski definition) is 6. The highest BCUT2D eigenvalue weighted by Crippen LogP contribution is 2.34. The van der Waals surface area contributed by atoms with Gasteiger partial charge in [-0.25, -0.2) is 0 Å². The number of ether oxygens (including phenoxy) is 1. The number of halogens is 1. The van der Waals surface area contributed by atoms with Gasteiger partial charge in [-0.2, -0.15) is 0 Å². The monoisotopic (exact) mass is 406 g/mol. The Morgan fingerprint density at radius 3 is 2.32 bits per heavy atom. The molecule has 1 fully saturated rings. The topological polar surface area (TPSA) is 140 Å². The highest BCUT2D eigenvalue weighted by molar-refractivity contribution is 6.31. The molecule has 2 aromatic rings. The molecule has 1 heterocycles. The van der Waals surface area contributed by atoms with Crippen molar-refractivity contribution in [2.45, 2.75) is 36.9 Å². The van der Waals surface area contributed by atoms with Gasteiger partial charge in [0.15, 0.2) is 0 Å². The summed E-state index contributed by atoms with van der Waals surface area (Å²) in [5.41, 5.74) is 8.42. The van der Waals surface area contributed by atoms with Crippen molar-refractivity contribution < 1.29 is 25.2 Å². The minimum atomic E-state index is -1.44. The lowest BCUT2D eigenvalue weighted by Gasteiger charge is -2.40. The van der Waals surface area contributed by atoms with Gasteiger partial charge in [0, 0.05) is 10.6 Å². The molecule has 0 radical (unpaired) electrons. The molecular formula is C20H23ClN2O5. The molecule has 1 saturated heterocycles. The van der Waals surface area contributed by atoms with Crippen LogP contribution in [-0.2, 0) is 11.2 Å². The summed E-state index contributed by atoms with van der Waals surface area (Å²) in [6.45, 7) is -0.482. The molecule has 0 saturated carbocycles. The van der Waals surface area contributed by atoms with E-state index in [2.05, 4.69) is 0 Å². The van der Waals surface area contributed by atoms with E-state index in [1.807, 2.05) is 12.1 Å². The van der Waals surface area contributed by atoms with Gasteiger partial charge >= 0.3 is 0 Å². The Balaban J connectivity index is 1.85. The molecule has 7 N–H and O–H groups in total. The largest absolute Gasteiger partial charge is 0.394 e. The maximum absolute atomic E-state index is 10.3. The van der Waals surface area contributed by atoms with E-state index >= 15 is 0 Å². The van der Waals surface area contributed by atoms with E-state index < -0.39 is 37.1 Å². The molecule has 2 aromatic carbocycles. The van der Waals surface area contributed by atoms with Crippen molar-refractivity contribution in [3.05, 3.63) is 69.7 Å². The van der Waals surface area contributed by atoms with Crippen LogP contribution in [0, 0.1) is 5.41 Å². The number of benzene rings is 2. The van der Waals surface area contributed by atoms with Gasteiger partial charge in [0.2, 0.25) is 0 Å². The van der Waals surface area contributed by atoms with E-state index in [-0.39, 0.29) is 5.84 Å². The average molecular weight is 407 g/mol. The summed E-state index contributed by atoms with van der Waals surface area (Å²) >= 11 is 6.32. The lowest BCUT2D eigenvalue weighted by atomic mass is 9.90. The number of aliphatic hydroxyl groups is 4. The summed E-state index contributed by atoms with van der Waals surface area (Å²) in [5.74, 6) is -0.00537. The molecule has 0 aromatic heterocycles. The second-order valence-electron chi connectivity index (χ2n) is 6.89. The van der Waals surface area contributed by atoms with Gasteiger partial charge in [0.1, 0.15) is 36.4 Å². The summed E-state index contributed by atoms with van der Waals surface area (Å²) in [4.78, 5) is 0. The first-order valence-electron chi connectivity index (χ1n) is 8.84.